The standard InChI is InChI=1S/C29H37FN4O/c1-22(2)18-26-20-28(24-12-13-27(30)23(3)19-24)31-34(26)21-29(35)33-16-14-32(15-17-33)25-10-8-6-4-5-7-9-11-25/h4,6,8,10-13,19-20,22H,5,7,9,14-18,21H2,1-3H3. The predicted molar refractivity (Wildman–Crippen MR) is 139 cm³/mol. The van der Waals surface area contributed by atoms with E-state index in [4.69, 9.17) is 5.10 Å². The summed E-state index contributed by atoms with van der Waals surface area (Å²) in [6.07, 6.45) is 15.2. The molecule has 0 unspecified atom stereocenters. The Kier molecular flexibility index (Phi) is 8.21. The Morgan fingerprint density at radius 1 is 1.09 bits per heavy atom. The summed E-state index contributed by atoms with van der Waals surface area (Å²) >= 11 is 0. The second-order valence-corrected chi connectivity index (χ2v) is 9.96. The molecule has 35 heavy (non-hydrogen) atoms. The number of allylic oxidation sites excluding steroid dienone is 5. The van der Waals surface area contributed by atoms with Crippen LogP contribution in [0.25, 0.3) is 11.3 Å². The van der Waals surface area contributed by atoms with Gasteiger partial charge >= 0.3 is 0 Å². The van der Waals surface area contributed by atoms with Gasteiger partial charge in [0.25, 0.3) is 0 Å². The van der Waals surface area contributed by atoms with Gasteiger partial charge in [0.1, 0.15) is 12.4 Å². The van der Waals surface area contributed by atoms with Gasteiger partial charge in [0.05, 0.1) is 5.69 Å². The van der Waals surface area contributed by atoms with Crippen LogP contribution in [0.4, 0.5) is 4.39 Å². The molecule has 1 aliphatic carbocycles. The van der Waals surface area contributed by atoms with E-state index in [0.717, 1.165) is 49.3 Å². The number of hydrogen-bond acceptors (Lipinski definition) is 3. The highest BCUT2D eigenvalue weighted by molar-refractivity contribution is 5.76. The number of aryl methyl sites for hydroxylation is 1. The summed E-state index contributed by atoms with van der Waals surface area (Å²) in [6, 6.07) is 7.10. The summed E-state index contributed by atoms with van der Waals surface area (Å²) in [5.41, 5.74) is 4.55. The summed E-state index contributed by atoms with van der Waals surface area (Å²) in [7, 11) is 0. The maximum Gasteiger partial charge on any atom is 0.244 e. The smallest absolute Gasteiger partial charge is 0.244 e. The molecule has 0 bridgehead atoms. The first-order valence-electron chi connectivity index (χ1n) is 12.8. The maximum atomic E-state index is 13.8. The Hall–Kier alpha value is -3.15. The van der Waals surface area contributed by atoms with Crippen molar-refractivity contribution < 1.29 is 9.18 Å². The van der Waals surface area contributed by atoms with Crippen molar-refractivity contribution in [2.75, 3.05) is 26.2 Å². The predicted octanol–water partition coefficient (Wildman–Crippen LogP) is 5.52. The summed E-state index contributed by atoms with van der Waals surface area (Å²) in [5.74, 6) is 0.320. The van der Waals surface area contributed by atoms with Gasteiger partial charge in [-0.3, -0.25) is 9.48 Å². The van der Waals surface area contributed by atoms with Gasteiger partial charge in [-0.15, -0.1) is 0 Å². The van der Waals surface area contributed by atoms with Crippen LogP contribution in [-0.4, -0.2) is 51.7 Å². The molecule has 1 aliphatic heterocycles. The molecule has 1 fully saturated rings. The first-order chi connectivity index (χ1) is 16.9. The molecule has 2 aromatic rings. The Balaban J connectivity index is 1.43. The second-order valence-electron chi connectivity index (χ2n) is 9.96. The average Bonchev–Trinajstić information content (AvgIpc) is 3.28. The minimum atomic E-state index is -0.220. The van der Waals surface area contributed by atoms with Gasteiger partial charge in [-0.2, -0.15) is 5.10 Å². The van der Waals surface area contributed by atoms with Gasteiger partial charge in [0.15, 0.2) is 0 Å². The van der Waals surface area contributed by atoms with Crippen molar-refractivity contribution in [1.29, 1.82) is 0 Å². The van der Waals surface area contributed by atoms with E-state index in [2.05, 4.69) is 49.1 Å². The van der Waals surface area contributed by atoms with Gasteiger partial charge in [-0.05, 0) is 74.4 Å². The van der Waals surface area contributed by atoms with Gasteiger partial charge in [0.2, 0.25) is 5.91 Å². The van der Waals surface area contributed by atoms with E-state index in [0.29, 0.717) is 24.6 Å². The van der Waals surface area contributed by atoms with Crippen molar-refractivity contribution in [2.45, 2.75) is 53.0 Å². The quantitative estimate of drug-likeness (QED) is 0.551. The molecule has 0 spiro atoms. The first kappa shape index (κ1) is 25.0. The third kappa shape index (κ3) is 6.50. The summed E-state index contributed by atoms with van der Waals surface area (Å²) in [6.45, 7) is 9.42. The molecule has 5 nitrogen and oxygen atoms in total. The summed E-state index contributed by atoms with van der Waals surface area (Å²) in [5, 5.41) is 4.77. The fourth-order valence-corrected chi connectivity index (χ4v) is 4.68. The van der Waals surface area contributed by atoms with Crippen molar-refractivity contribution in [1.82, 2.24) is 19.6 Å². The molecule has 6 heteroatoms. The Bertz CT molecular complexity index is 1120. The lowest BCUT2D eigenvalue weighted by molar-refractivity contribution is -0.133. The lowest BCUT2D eigenvalue weighted by atomic mass is 10.1. The van der Waals surface area contributed by atoms with Gasteiger partial charge < -0.3 is 9.80 Å². The van der Waals surface area contributed by atoms with Crippen LogP contribution in [0, 0.1) is 18.7 Å². The molecule has 2 aliphatic rings. The molecule has 2 heterocycles. The molecule has 1 aromatic carbocycles. The van der Waals surface area contributed by atoms with Gasteiger partial charge in [-0.1, -0.05) is 38.2 Å². The molecule has 1 amide bonds. The number of amides is 1. The highest BCUT2D eigenvalue weighted by Crippen LogP contribution is 2.23. The topological polar surface area (TPSA) is 41.4 Å². The zero-order chi connectivity index (χ0) is 24.8. The molecule has 4 rings (SSSR count). The van der Waals surface area contributed by atoms with Crippen LogP contribution < -0.4 is 0 Å². The normalized spacial score (nSPS) is 16.8. The van der Waals surface area contributed by atoms with Crippen LogP contribution in [0.1, 0.15) is 44.4 Å². The van der Waals surface area contributed by atoms with Crippen molar-refractivity contribution >= 4 is 5.91 Å². The summed E-state index contributed by atoms with van der Waals surface area (Å²) in [4.78, 5) is 17.6. The minimum absolute atomic E-state index is 0.0986. The highest BCUT2D eigenvalue weighted by atomic mass is 19.1. The van der Waals surface area contributed by atoms with Crippen molar-refractivity contribution in [3.8, 4) is 11.3 Å². The monoisotopic (exact) mass is 476 g/mol. The number of carbonyl (C=O) groups is 1. The van der Waals surface area contributed by atoms with E-state index < -0.39 is 0 Å². The number of rotatable bonds is 6. The zero-order valence-electron chi connectivity index (χ0n) is 21.2. The van der Waals surface area contributed by atoms with Crippen LogP contribution in [0.2, 0.25) is 0 Å². The largest absolute Gasteiger partial charge is 0.368 e. The van der Waals surface area contributed by atoms with Gasteiger partial charge in [0, 0.05) is 43.1 Å². The van der Waals surface area contributed by atoms with E-state index in [1.165, 1.54) is 18.2 Å². The van der Waals surface area contributed by atoms with E-state index >= 15 is 0 Å². The van der Waals surface area contributed by atoms with E-state index in [9.17, 15) is 9.18 Å². The first-order valence-corrected chi connectivity index (χ1v) is 12.8. The lowest BCUT2D eigenvalue weighted by Gasteiger charge is -2.36. The van der Waals surface area contributed by atoms with Gasteiger partial charge in [-0.25, -0.2) is 4.39 Å². The second kappa shape index (κ2) is 11.5. The molecule has 1 saturated heterocycles. The fraction of sp³-hybridized carbons (Fsp3) is 0.448. The Labute approximate surface area is 208 Å². The van der Waals surface area contributed by atoms with E-state index in [-0.39, 0.29) is 18.3 Å². The lowest BCUT2D eigenvalue weighted by Crippen LogP contribution is -2.49. The third-order valence-electron chi connectivity index (χ3n) is 6.66. The number of nitrogens with zero attached hydrogens (tertiary/aromatic N) is 4. The number of carbonyl (C=O) groups excluding carboxylic acids is 1. The van der Waals surface area contributed by atoms with Crippen LogP contribution >= 0.6 is 0 Å². The van der Waals surface area contributed by atoms with Crippen LogP contribution in [0.3, 0.4) is 0 Å². The van der Waals surface area contributed by atoms with E-state index in [1.54, 1.807) is 13.0 Å². The van der Waals surface area contributed by atoms with Crippen LogP contribution in [0.5, 0.6) is 0 Å². The molecular weight excluding hydrogens is 439 g/mol. The number of piperazine rings is 1. The number of hydrogen-bond donors (Lipinski definition) is 0. The number of aromatic nitrogens is 2. The third-order valence-corrected chi connectivity index (χ3v) is 6.66. The maximum absolute atomic E-state index is 13.8. The fourth-order valence-electron chi connectivity index (χ4n) is 4.68. The minimum Gasteiger partial charge on any atom is -0.368 e. The molecule has 0 atom stereocenters. The van der Waals surface area contributed by atoms with E-state index in [1.807, 2.05) is 21.7 Å². The average molecular weight is 477 g/mol. The molecule has 0 saturated carbocycles. The zero-order valence-corrected chi connectivity index (χ0v) is 21.2. The number of halogens is 1. The molecular formula is C29H37FN4O. The Morgan fingerprint density at radius 2 is 1.89 bits per heavy atom. The van der Waals surface area contributed by atoms with Crippen molar-refractivity contribution in [3.05, 3.63) is 77.4 Å². The molecule has 1 aromatic heterocycles. The number of benzene rings is 1. The molecule has 0 radical (unpaired) electrons. The van der Waals surface area contributed by atoms with Crippen LogP contribution in [0.15, 0.2) is 60.3 Å². The van der Waals surface area contributed by atoms with Crippen molar-refractivity contribution in [2.24, 2.45) is 5.92 Å². The Morgan fingerprint density at radius 3 is 2.63 bits per heavy atom. The molecule has 0 N–H and O–H groups in total. The molecule has 186 valence electrons. The highest BCUT2D eigenvalue weighted by Gasteiger charge is 2.23. The summed E-state index contributed by atoms with van der Waals surface area (Å²) < 4.78 is 15.6. The van der Waals surface area contributed by atoms with Crippen LogP contribution in [-0.2, 0) is 17.8 Å². The SMILES string of the molecule is Cc1cc(-c2cc(CC(C)C)n(CC(=O)N3CCN(C4=CCCCC=CC=C4)CC3)n2)ccc1F. The van der Waals surface area contributed by atoms with Crippen molar-refractivity contribution in [3.63, 3.8) is 0 Å².